The Hall–Kier alpha value is -0.940. The molecule has 102 valence electrons. The first-order valence-electron chi connectivity index (χ1n) is 6.94. The molecule has 5 nitrogen and oxygen atoms in total. The van der Waals surface area contributed by atoms with Gasteiger partial charge < -0.3 is 10.2 Å². The number of carbonyl (C=O) groups excluding carboxylic acids is 2. The molecule has 2 rings (SSSR count). The molecule has 0 aromatic heterocycles. The molecule has 2 aliphatic heterocycles. The van der Waals surface area contributed by atoms with Gasteiger partial charge in [-0.15, -0.1) is 0 Å². The van der Waals surface area contributed by atoms with E-state index in [-0.39, 0.29) is 23.9 Å². The van der Waals surface area contributed by atoms with E-state index in [1.165, 1.54) is 17.7 Å². The van der Waals surface area contributed by atoms with Gasteiger partial charge in [-0.1, -0.05) is 0 Å². The van der Waals surface area contributed by atoms with Crippen molar-refractivity contribution in [3.05, 3.63) is 0 Å². The van der Waals surface area contributed by atoms with Crippen LogP contribution in [0.5, 0.6) is 0 Å². The van der Waals surface area contributed by atoms with E-state index in [0.717, 1.165) is 19.6 Å². The van der Waals surface area contributed by atoms with Crippen molar-refractivity contribution in [2.45, 2.75) is 45.2 Å². The second-order valence-corrected chi connectivity index (χ2v) is 5.31. The summed E-state index contributed by atoms with van der Waals surface area (Å²) in [6.07, 6.45) is 2.87. The van der Waals surface area contributed by atoms with Crippen molar-refractivity contribution in [2.75, 3.05) is 26.2 Å². The highest BCUT2D eigenvalue weighted by Crippen LogP contribution is 2.14. The summed E-state index contributed by atoms with van der Waals surface area (Å²) in [6, 6.07) is -0.0586. The van der Waals surface area contributed by atoms with E-state index in [0.29, 0.717) is 13.0 Å². The number of hydrogen-bond donors (Lipinski definition) is 1. The number of nitrogens with one attached hydrogen (secondary N) is 1. The fourth-order valence-electron chi connectivity index (χ4n) is 2.89. The SMILES string of the molecule is CCN1C(=O)CC(NC(C)CN2CCCC2)C1=O. The van der Waals surface area contributed by atoms with Crippen LogP contribution in [0.25, 0.3) is 0 Å². The van der Waals surface area contributed by atoms with Gasteiger partial charge in [-0.2, -0.15) is 0 Å². The maximum atomic E-state index is 11.9. The molecule has 2 amide bonds. The average molecular weight is 253 g/mol. The quantitative estimate of drug-likeness (QED) is 0.712. The van der Waals surface area contributed by atoms with Gasteiger partial charge in [-0.3, -0.25) is 14.5 Å². The zero-order valence-corrected chi connectivity index (χ0v) is 11.3. The lowest BCUT2D eigenvalue weighted by atomic mass is 10.2. The van der Waals surface area contributed by atoms with Gasteiger partial charge in [-0.05, 0) is 39.8 Å². The number of imide groups is 1. The minimum atomic E-state index is -0.310. The average Bonchev–Trinajstić information content (AvgIpc) is 2.89. The van der Waals surface area contributed by atoms with Crippen molar-refractivity contribution in [1.82, 2.24) is 15.1 Å². The molecule has 2 aliphatic rings. The molecule has 2 atom stereocenters. The summed E-state index contributed by atoms with van der Waals surface area (Å²) in [6.45, 7) is 7.69. The maximum Gasteiger partial charge on any atom is 0.246 e. The van der Waals surface area contributed by atoms with E-state index in [4.69, 9.17) is 0 Å². The van der Waals surface area contributed by atoms with Crippen LogP contribution in [0.4, 0.5) is 0 Å². The van der Waals surface area contributed by atoms with Crippen molar-refractivity contribution >= 4 is 11.8 Å². The Kier molecular flexibility index (Phi) is 4.35. The lowest BCUT2D eigenvalue weighted by Gasteiger charge is -2.23. The van der Waals surface area contributed by atoms with Crippen LogP contribution < -0.4 is 5.32 Å². The standard InChI is InChI=1S/C13H23N3O2/c1-3-16-12(17)8-11(13(16)18)14-10(2)9-15-6-4-5-7-15/h10-11,14H,3-9H2,1-2H3. The summed E-state index contributed by atoms with van der Waals surface area (Å²) in [5.41, 5.74) is 0. The normalized spacial score (nSPS) is 27.2. The Morgan fingerprint density at radius 3 is 2.56 bits per heavy atom. The van der Waals surface area contributed by atoms with Crippen LogP contribution in [0.1, 0.15) is 33.1 Å². The third-order valence-corrected chi connectivity index (χ3v) is 3.78. The van der Waals surface area contributed by atoms with Crippen molar-refractivity contribution in [3.8, 4) is 0 Å². The highest BCUT2D eigenvalue weighted by atomic mass is 16.2. The van der Waals surface area contributed by atoms with Gasteiger partial charge in [0.25, 0.3) is 0 Å². The Morgan fingerprint density at radius 2 is 2.00 bits per heavy atom. The summed E-state index contributed by atoms with van der Waals surface area (Å²) in [5.74, 6) is -0.107. The van der Waals surface area contributed by atoms with Crippen LogP contribution in [-0.2, 0) is 9.59 Å². The predicted octanol–water partition coefficient (Wildman–Crippen LogP) is 0.208. The summed E-state index contributed by atoms with van der Waals surface area (Å²) in [4.78, 5) is 27.3. The van der Waals surface area contributed by atoms with Crippen molar-refractivity contribution in [2.24, 2.45) is 0 Å². The van der Waals surface area contributed by atoms with Gasteiger partial charge in [0, 0.05) is 19.1 Å². The fourth-order valence-corrected chi connectivity index (χ4v) is 2.89. The Morgan fingerprint density at radius 1 is 1.33 bits per heavy atom. The lowest BCUT2D eigenvalue weighted by molar-refractivity contribution is -0.138. The minimum Gasteiger partial charge on any atom is -0.302 e. The van der Waals surface area contributed by atoms with Gasteiger partial charge in [0.15, 0.2) is 0 Å². The summed E-state index contributed by atoms with van der Waals surface area (Å²) < 4.78 is 0. The molecule has 18 heavy (non-hydrogen) atoms. The summed E-state index contributed by atoms with van der Waals surface area (Å²) >= 11 is 0. The summed E-state index contributed by atoms with van der Waals surface area (Å²) in [5, 5.41) is 3.30. The van der Waals surface area contributed by atoms with E-state index < -0.39 is 0 Å². The van der Waals surface area contributed by atoms with Gasteiger partial charge in [0.05, 0.1) is 12.5 Å². The monoisotopic (exact) mass is 253 g/mol. The number of likely N-dealkylation sites (tertiary alicyclic amines) is 2. The van der Waals surface area contributed by atoms with Gasteiger partial charge in [0.1, 0.15) is 0 Å². The number of hydrogen-bond acceptors (Lipinski definition) is 4. The second kappa shape index (κ2) is 5.80. The molecular formula is C13H23N3O2. The number of amides is 2. The molecule has 2 unspecified atom stereocenters. The van der Waals surface area contributed by atoms with E-state index in [9.17, 15) is 9.59 Å². The fraction of sp³-hybridized carbons (Fsp3) is 0.846. The second-order valence-electron chi connectivity index (χ2n) is 5.31. The number of likely N-dealkylation sites (N-methyl/N-ethyl adjacent to an activating group) is 1. The Labute approximate surface area is 108 Å². The molecule has 0 radical (unpaired) electrons. The topological polar surface area (TPSA) is 52.7 Å². The highest BCUT2D eigenvalue weighted by Gasteiger charge is 2.37. The van der Waals surface area contributed by atoms with Crippen molar-refractivity contribution in [1.29, 1.82) is 0 Å². The minimum absolute atomic E-state index is 0.0478. The first-order valence-corrected chi connectivity index (χ1v) is 6.94. The largest absolute Gasteiger partial charge is 0.302 e. The van der Waals surface area contributed by atoms with E-state index >= 15 is 0 Å². The first-order chi connectivity index (χ1) is 8.61. The number of rotatable bonds is 5. The van der Waals surface area contributed by atoms with Crippen LogP contribution in [0.3, 0.4) is 0 Å². The zero-order chi connectivity index (χ0) is 13.1. The summed E-state index contributed by atoms with van der Waals surface area (Å²) in [7, 11) is 0. The molecule has 2 fully saturated rings. The third kappa shape index (κ3) is 2.90. The van der Waals surface area contributed by atoms with Gasteiger partial charge >= 0.3 is 0 Å². The Balaban J connectivity index is 1.82. The van der Waals surface area contributed by atoms with Crippen molar-refractivity contribution < 1.29 is 9.59 Å². The molecule has 0 saturated carbocycles. The highest BCUT2D eigenvalue weighted by molar-refractivity contribution is 6.05. The van der Waals surface area contributed by atoms with Crippen LogP contribution in [-0.4, -0.2) is 59.9 Å². The van der Waals surface area contributed by atoms with Gasteiger partial charge in [-0.25, -0.2) is 0 Å². The Bertz CT molecular complexity index is 326. The molecule has 2 saturated heterocycles. The predicted molar refractivity (Wildman–Crippen MR) is 69.1 cm³/mol. The number of carbonyl (C=O) groups is 2. The van der Waals surface area contributed by atoms with Crippen LogP contribution in [0, 0.1) is 0 Å². The maximum absolute atomic E-state index is 11.9. The van der Waals surface area contributed by atoms with Crippen LogP contribution in [0.2, 0.25) is 0 Å². The molecule has 0 bridgehead atoms. The first kappa shape index (κ1) is 13.5. The molecule has 0 spiro atoms. The molecule has 0 aliphatic carbocycles. The van der Waals surface area contributed by atoms with E-state index in [2.05, 4.69) is 17.1 Å². The molecule has 0 aromatic carbocycles. The van der Waals surface area contributed by atoms with E-state index in [1.807, 2.05) is 6.92 Å². The molecule has 5 heteroatoms. The van der Waals surface area contributed by atoms with Crippen LogP contribution >= 0.6 is 0 Å². The molecular weight excluding hydrogens is 230 g/mol. The molecule has 2 heterocycles. The lowest BCUT2D eigenvalue weighted by Crippen LogP contribution is -2.46. The number of nitrogens with zero attached hydrogens (tertiary/aromatic N) is 2. The van der Waals surface area contributed by atoms with Gasteiger partial charge in [0.2, 0.25) is 11.8 Å². The molecule has 0 aromatic rings. The van der Waals surface area contributed by atoms with E-state index in [1.54, 1.807) is 0 Å². The zero-order valence-electron chi connectivity index (χ0n) is 11.3. The molecule has 1 N–H and O–H groups in total. The third-order valence-electron chi connectivity index (χ3n) is 3.78. The van der Waals surface area contributed by atoms with Crippen molar-refractivity contribution in [3.63, 3.8) is 0 Å². The smallest absolute Gasteiger partial charge is 0.246 e. The van der Waals surface area contributed by atoms with Crippen LogP contribution in [0.15, 0.2) is 0 Å².